The van der Waals surface area contributed by atoms with E-state index in [0.717, 1.165) is 13.1 Å². The second kappa shape index (κ2) is 20.5. The van der Waals surface area contributed by atoms with Gasteiger partial charge in [0.15, 0.2) is 0 Å². The summed E-state index contributed by atoms with van der Waals surface area (Å²) in [6.07, 6.45) is 2.96. The molecule has 0 aromatic carbocycles. The van der Waals surface area contributed by atoms with Crippen molar-refractivity contribution < 1.29 is 4.79 Å². The molecule has 0 spiro atoms. The zero-order valence-electron chi connectivity index (χ0n) is 12.4. The molecule has 3 N–H and O–H groups in total. The molecule has 0 heterocycles. The van der Waals surface area contributed by atoms with Crippen LogP contribution in [0.1, 0.15) is 34.1 Å². The minimum Gasteiger partial charge on any atom is -0.359 e. The van der Waals surface area contributed by atoms with Gasteiger partial charge in [-0.1, -0.05) is 13.0 Å². The summed E-state index contributed by atoms with van der Waals surface area (Å²) in [4.78, 5) is 9.70. The van der Waals surface area contributed by atoms with Crippen molar-refractivity contribution >= 4 is 5.91 Å². The van der Waals surface area contributed by atoms with Crippen molar-refractivity contribution in [1.82, 2.24) is 16.0 Å². The second-order valence-electron chi connectivity index (χ2n) is 3.57. The van der Waals surface area contributed by atoms with E-state index in [2.05, 4.69) is 36.4 Å². The molecule has 0 aliphatic rings. The Bertz CT molecular complexity index is 161. The minimum atomic E-state index is 0.00463. The molecular formula is C13H31N3O. The number of allylic oxidation sites excluding steroid dienone is 1. The van der Waals surface area contributed by atoms with Crippen LogP contribution in [0.2, 0.25) is 0 Å². The lowest BCUT2D eigenvalue weighted by Crippen LogP contribution is -2.28. The Labute approximate surface area is 107 Å². The number of rotatable bonds is 5. The van der Waals surface area contributed by atoms with Crippen LogP contribution in [0.3, 0.4) is 0 Å². The molecular weight excluding hydrogens is 214 g/mol. The number of carbonyl (C=O) groups excluding carboxylic acids is 1. The molecule has 0 fully saturated rings. The average Bonchev–Trinajstić information content (AvgIpc) is 2.28. The molecule has 4 heteroatoms. The molecule has 0 bridgehead atoms. The van der Waals surface area contributed by atoms with Gasteiger partial charge < -0.3 is 16.0 Å². The van der Waals surface area contributed by atoms with Gasteiger partial charge in [0.2, 0.25) is 5.91 Å². The molecule has 0 rings (SSSR count). The van der Waals surface area contributed by atoms with Crippen LogP contribution in [-0.2, 0) is 4.79 Å². The van der Waals surface area contributed by atoms with Crippen LogP contribution >= 0.6 is 0 Å². The SMILES string of the molecule is C=CC.CCNC(C)CCNC.CNC(C)=O. The predicted octanol–water partition coefficient (Wildman–Crippen LogP) is 1.54. The molecule has 0 saturated carbocycles. The minimum absolute atomic E-state index is 0.00463. The lowest BCUT2D eigenvalue weighted by molar-refractivity contribution is -0.118. The van der Waals surface area contributed by atoms with Crippen molar-refractivity contribution in [1.29, 1.82) is 0 Å². The third-order valence-corrected chi connectivity index (χ3v) is 1.73. The van der Waals surface area contributed by atoms with Crippen LogP contribution in [0.4, 0.5) is 0 Å². The van der Waals surface area contributed by atoms with Gasteiger partial charge in [-0.25, -0.2) is 0 Å². The first-order chi connectivity index (χ1) is 7.99. The van der Waals surface area contributed by atoms with Gasteiger partial charge in [-0.3, -0.25) is 4.79 Å². The van der Waals surface area contributed by atoms with Gasteiger partial charge >= 0.3 is 0 Å². The smallest absolute Gasteiger partial charge is 0.216 e. The Morgan fingerprint density at radius 1 is 1.41 bits per heavy atom. The van der Waals surface area contributed by atoms with Crippen molar-refractivity contribution in [2.45, 2.75) is 40.2 Å². The molecule has 1 unspecified atom stereocenters. The van der Waals surface area contributed by atoms with E-state index in [1.165, 1.54) is 13.3 Å². The van der Waals surface area contributed by atoms with Crippen LogP contribution < -0.4 is 16.0 Å². The lowest BCUT2D eigenvalue weighted by atomic mass is 10.2. The van der Waals surface area contributed by atoms with Crippen molar-refractivity contribution in [3.8, 4) is 0 Å². The Hall–Kier alpha value is -0.870. The highest BCUT2D eigenvalue weighted by molar-refractivity contribution is 5.72. The molecule has 0 aliphatic heterocycles. The summed E-state index contributed by atoms with van der Waals surface area (Å²) in [7, 11) is 3.58. The third-order valence-electron chi connectivity index (χ3n) is 1.73. The molecule has 0 aromatic heterocycles. The maximum Gasteiger partial charge on any atom is 0.216 e. The van der Waals surface area contributed by atoms with Crippen molar-refractivity contribution in [2.75, 3.05) is 27.2 Å². The van der Waals surface area contributed by atoms with Crippen LogP contribution in [0.15, 0.2) is 12.7 Å². The average molecular weight is 245 g/mol. The van der Waals surface area contributed by atoms with Gasteiger partial charge in [0, 0.05) is 20.0 Å². The van der Waals surface area contributed by atoms with Gasteiger partial charge in [-0.05, 0) is 40.4 Å². The van der Waals surface area contributed by atoms with E-state index in [1.54, 1.807) is 13.1 Å². The summed E-state index contributed by atoms with van der Waals surface area (Å²) in [5, 5.41) is 8.85. The highest BCUT2D eigenvalue weighted by Crippen LogP contribution is 1.85. The number of carbonyl (C=O) groups is 1. The molecule has 17 heavy (non-hydrogen) atoms. The summed E-state index contributed by atoms with van der Waals surface area (Å²) in [6.45, 7) is 13.2. The largest absolute Gasteiger partial charge is 0.359 e. The Morgan fingerprint density at radius 2 is 1.82 bits per heavy atom. The van der Waals surface area contributed by atoms with E-state index in [1.807, 2.05) is 14.0 Å². The van der Waals surface area contributed by atoms with Crippen LogP contribution in [0.5, 0.6) is 0 Å². The molecule has 0 radical (unpaired) electrons. The summed E-state index contributed by atoms with van der Waals surface area (Å²) in [5.74, 6) is 0.00463. The first-order valence-corrected chi connectivity index (χ1v) is 6.13. The standard InChI is InChI=1S/C7H18N2.C3H7NO.C3H6/c1-4-9-7(2)5-6-8-3;1-3(5)4-2;1-3-2/h7-9H,4-6H2,1-3H3;1-2H3,(H,4,5);3H,1H2,2H3. The number of hydrogen-bond acceptors (Lipinski definition) is 3. The molecule has 0 aromatic rings. The van der Waals surface area contributed by atoms with Gasteiger partial charge in [0.1, 0.15) is 0 Å². The van der Waals surface area contributed by atoms with E-state index >= 15 is 0 Å². The molecule has 1 amide bonds. The fraction of sp³-hybridized carbons (Fsp3) is 0.769. The van der Waals surface area contributed by atoms with Crippen molar-refractivity contribution in [3.05, 3.63) is 12.7 Å². The number of hydrogen-bond donors (Lipinski definition) is 3. The number of amides is 1. The highest BCUT2D eigenvalue weighted by atomic mass is 16.1. The summed E-state index contributed by atoms with van der Waals surface area (Å²) < 4.78 is 0. The molecule has 104 valence electrons. The van der Waals surface area contributed by atoms with Gasteiger partial charge in [-0.15, -0.1) is 6.58 Å². The Kier molecular flexibility index (Phi) is 25.9. The number of nitrogens with one attached hydrogen (secondary N) is 3. The van der Waals surface area contributed by atoms with Gasteiger partial charge in [0.05, 0.1) is 0 Å². The maximum absolute atomic E-state index is 9.70. The fourth-order valence-corrected chi connectivity index (χ4v) is 0.811. The van der Waals surface area contributed by atoms with E-state index in [4.69, 9.17) is 0 Å². The zero-order valence-corrected chi connectivity index (χ0v) is 12.4. The maximum atomic E-state index is 9.70. The quantitative estimate of drug-likeness (QED) is 0.644. The second-order valence-corrected chi connectivity index (χ2v) is 3.57. The van der Waals surface area contributed by atoms with Crippen molar-refractivity contribution in [3.63, 3.8) is 0 Å². The van der Waals surface area contributed by atoms with Gasteiger partial charge in [-0.2, -0.15) is 0 Å². The zero-order chi connectivity index (χ0) is 14.1. The lowest BCUT2D eigenvalue weighted by Gasteiger charge is -2.10. The van der Waals surface area contributed by atoms with E-state index in [-0.39, 0.29) is 5.91 Å². The van der Waals surface area contributed by atoms with Gasteiger partial charge in [0.25, 0.3) is 0 Å². The van der Waals surface area contributed by atoms with E-state index in [0.29, 0.717) is 6.04 Å². The first-order valence-electron chi connectivity index (χ1n) is 6.13. The molecule has 4 nitrogen and oxygen atoms in total. The molecule has 1 atom stereocenters. The highest BCUT2D eigenvalue weighted by Gasteiger charge is 1.95. The summed E-state index contributed by atoms with van der Waals surface area (Å²) in [5.41, 5.74) is 0. The Morgan fingerprint density at radius 3 is 2.06 bits per heavy atom. The summed E-state index contributed by atoms with van der Waals surface area (Å²) >= 11 is 0. The summed E-state index contributed by atoms with van der Waals surface area (Å²) in [6, 6.07) is 0.655. The van der Waals surface area contributed by atoms with Crippen LogP contribution in [-0.4, -0.2) is 39.1 Å². The topological polar surface area (TPSA) is 53.2 Å². The third kappa shape index (κ3) is 39.5. The Balaban J connectivity index is -0.000000207. The van der Waals surface area contributed by atoms with Crippen molar-refractivity contribution in [2.24, 2.45) is 0 Å². The predicted molar refractivity (Wildman–Crippen MR) is 77.3 cm³/mol. The first kappa shape index (κ1) is 21.4. The van der Waals surface area contributed by atoms with E-state index < -0.39 is 0 Å². The molecule has 0 aliphatic carbocycles. The van der Waals surface area contributed by atoms with E-state index in [9.17, 15) is 4.79 Å². The van der Waals surface area contributed by atoms with Crippen LogP contribution in [0.25, 0.3) is 0 Å². The molecule has 0 saturated heterocycles. The monoisotopic (exact) mass is 245 g/mol. The van der Waals surface area contributed by atoms with Crippen LogP contribution in [0, 0.1) is 0 Å². The normalized spacial score (nSPS) is 10.0. The fourth-order valence-electron chi connectivity index (χ4n) is 0.811.